The van der Waals surface area contributed by atoms with Gasteiger partial charge in [-0.15, -0.1) is 0 Å². The minimum atomic E-state index is -0.360. The standard InChI is InChI=1S/C27H26N6O3/c1-16-21(31-26(34)22-12-18(13-28)6-9-29-22)4-5-23-24(16)20(14-32(23)3)19-7-10-33(11-8-19)27(35)25-17(2)30-15-36-25/h4-6,9,12,14-15,19H,7-8,10-11H2,1-3H3,(H,31,34). The molecule has 0 saturated carbocycles. The first-order valence-electron chi connectivity index (χ1n) is 11.8. The fourth-order valence-electron chi connectivity index (χ4n) is 5.00. The van der Waals surface area contributed by atoms with Crippen LogP contribution in [0.2, 0.25) is 0 Å². The highest BCUT2D eigenvalue weighted by Gasteiger charge is 2.29. The quantitative estimate of drug-likeness (QED) is 0.463. The van der Waals surface area contributed by atoms with E-state index in [4.69, 9.17) is 9.68 Å². The maximum Gasteiger partial charge on any atom is 0.291 e. The molecule has 182 valence electrons. The Morgan fingerprint density at radius 1 is 1.17 bits per heavy atom. The summed E-state index contributed by atoms with van der Waals surface area (Å²) >= 11 is 0. The number of aryl methyl sites for hydroxylation is 3. The lowest BCUT2D eigenvalue weighted by Crippen LogP contribution is -2.38. The van der Waals surface area contributed by atoms with Gasteiger partial charge in [-0.25, -0.2) is 4.98 Å². The molecule has 0 aliphatic carbocycles. The number of carbonyl (C=O) groups is 2. The van der Waals surface area contributed by atoms with Crippen molar-refractivity contribution in [3.63, 3.8) is 0 Å². The number of hydrogen-bond donors (Lipinski definition) is 1. The van der Waals surface area contributed by atoms with Crippen LogP contribution in [0.15, 0.2) is 47.5 Å². The number of anilines is 1. The zero-order valence-corrected chi connectivity index (χ0v) is 20.4. The van der Waals surface area contributed by atoms with Gasteiger partial charge in [0.15, 0.2) is 6.39 Å². The van der Waals surface area contributed by atoms with Crippen molar-refractivity contribution in [3.05, 3.63) is 76.9 Å². The molecule has 1 aliphatic rings. The fraction of sp³-hybridized carbons (Fsp3) is 0.296. The van der Waals surface area contributed by atoms with Gasteiger partial charge in [-0.05, 0) is 68.0 Å². The molecule has 0 unspecified atom stereocenters. The maximum absolute atomic E-state index is 12.8. The number of piperidine rings is 1. The van der Waals surface area contributed by atoms with Crippen LogP contribution in [0, 0.1) is 25.2 Å². The molecule has 1 aromatic carbocycles. The number of amides is 2. The van der Waals surface area contributed by atoms with E-state index < -0.39 is 0 Å². The van der Waals surface area contributed by atoms with E-state index in [9.17, 15) is 9.59 Å². The van der Waals surface area contributed by atoms with Gasteiger partial charge < -0.3 is 19.2 Å². The number of pyridine rings is 1. The number of likely N-dealkylation sites (tertiary alicyclic amines) is 1. The second-order valence-corrected chi connectivity index (χ2v) is 9.16. The number of carbonyl (C=O) groups excluding carboxylic acids is 2. The molecule has 36 heavy (non-hydrogen) atoms. The number of fused-ring (bicyclic) bond motifs is 1. The second kappa shape index (κ2) is 9.30. The molecule has 0 atom stereocenters. The Labute approximate surface area is 208 Å². The van der Waals surface area contributed by atoms with E-state index in [2.05, 4.69) is 26.0 Å². The summed E-state index contributed by atoms with van der Waals surface area (Å²) in [6.45, 7) is 5.05. The van der Waals surface area contributed by atoms with Crippen molar-refractivity contribution in [3.8, 4) is 6.07 Å². The molecule has 5 rings (SSSR count). The highest BCUT2D eigenvalue weighted by Crippen LogP contribution is 2.38. The summed E-state index contributed by atoms with van der Waals surface area (Å²) < 4.78 is 7.40. The van der Waals surface area contributed by atoms with Gasteiger partial charge in [0.1, 0.15) is 5.69 Å². The number of nitrogens with one attached hydrogen (secondary N) is 1. The van der Waals surface area contributed by atoms with Gasteiger partial charge in [0, 0.05) is 49.1 Å². The van der Waals surface area contributed by atoms with E-state index in [1.165, 1.54) is 24.2 Å². The van der Waals surface area contributed by atoms with Crippen molar-refractivity contribution in [2.75, 3.05) is 18.4 Å². The highest BCUT2D eigenvalue weighted by atomic mass is 16.3. The largest absolute Gasteiger partial charge is 0.438 e. The van der Waals surface area contributed by atoms with Gasteiger partial charge in [-0.1, -0.05) is 0 Å². The van der Waals surface area contributed by atoms with E-state index in [1.807, 2.05) is 37.1 Å². The Morgan fingerprint density at radius 3 is 2.64 bits per heavy atom. The lowest BCUT2D eigenvalue weighted by molar-refractivity contribution is 0.0680. The molecule has 9 heteroatoms. The van der Waals surface area contributed by atoms with Crippen molar-refractivity contribution in [1.29, 1.82) is 5.26 Å². The Hall–Kier alpha value is -4.45. The lowest BCUT2D eigenvalue weighted by Gasteiger charge is -2.31. The minimum Gasteiger partial charge on any atom is -0.438 e. The number of oxazole rings is 1. The van der Waals surface area contributed by atoms with Crippen molar-refractivity contribution < 1.29 is 14.0 Å². The summed E-state index contributed by atoms with van der Waals surface area (Å²) in [5, 5.41) is 13.2. The highest BCUT2D eigenvalue weighted by molar-refractivity contribution is 6.05. The van der Waals surface area contributed by atoms with Gasteiger partial charge in [0.05, 0.1) is 17.3 Å². The smallest absolute Gasteiger partial charge is 0.291 e. The van der Waals surface area contributed by atoms with E-state index in [0.717, 1.165) is 29.3 Å². The Balaban J connectivity index is 1.39. The number of hydrogen-bond acceptors (Lipinski definition) is 6. The Bertz CT molecular complexity index is 1520. The van der Waals surface area contributed by atoms with Crippen LogP contribution in [0.4, 0.5) is 5.69 Å². The van der Waals surface area contributed by atoms with E-state index in [0.29, 0.717) is 35.8 Å². The van der Waals surface area contributed by atoms with Gasteiger partial charge >= 0.3 is 0 Å². The van der Waals surface area contributed by atoms with Crippen molar-refractivity contribution in [1.82, 2.24) is 19.4 Å². The minimum absolute atomic E-state index is 0.114. The van der Waals surface area contributed by atoms with E-state index in [-0.39, 0.29) is 23.4 Å². The summed E-state index contributed by atoms with van der Waals surface area (Å²) in [4.78, 5) is 35.6. The third-order valence-corrected chi connectivity index (χ3v) is 6.98. The normalized spacial score (nSPS) is 14.1. The van der Waals surface area contributed by atoms with Gasteiger partial charge in [-0.3, -0.25) is 14.6 Å². The molecule has 0 bridgehead atoms. The number of nitriles is 1. The summed E-state index contributed by atoms with van der Waals surface area (Å²) in [6, 6.07) is 8.98. The number of rotatable bonds is 4. The first-order valence-corrected chi connectivity index (χ1v) is 11.8. The SMILES string of the molecule is Cc1ncoc1C(=O)N1CCC(c2cn(C)c3ccc(NC(=O)c4cc(C#N)ccn4)c(C)c23)CC1. The average molecular weight is 483 g/mol. The topological polar surface area (TPSA) is 117 Å². The second-order valence-electron chi connectivity index (χ2n) is 9.16. The molecule has 1 aliphatic heterocycles. The van der Waals surface area contributed by atoms with E-state index in [1.54, 1.807) is 13.0 Å². The van der Waals surface area contributed by atoms with Gasteiger partial charge in [0.25, 0.3) is 11.8 Å². The van der Waals surface area contributed by atoms with Crippen molar-refractivity contribution in [2.24, 2.45) is 7.05 Å². The van der Waals surface area contributed by atoms with Crippen molar-refractivity contribution in [2.45, 2.75) is 32.6 Å². The first-order chi connectivity index (χ1) is 17.4. The third kappa shape index (κ3) is 4.11. The lowest BCUT2D eigenvalue weighted by atomic mass is 9.87. The summed E-state index contributed by atoms with van der Waals surface area (Å²) in [5.41, 5.74) is 5.17. The van der Waals surface area contributed by atoms with Crippen LogP contribution in [0.25, 0.3) is 10.9 Å². The maximum atomic E-state index is 12.8. The Kier molecular flexibility index (Phi) is 6.02. The van der Waals surface area contributed by atoms with Crippen LogP contribution in [-0.2, 0) is 7.05 Å². The number of nitrogens with zero attached hydrogens (tertiary/aromatic N) is 5. The average Bonchev–Trinajstić information content (AvgIpc) is 3.48. The molecule has 9 nitrogen and oxygen atoms in total. The molecule has 1 saturated heterocycles. The molecular formula is C27H26N6O3. The van der Waals surface area contributed by atoms with Crippen LogP contribution in [-0.4, -0.2) is 44.3 Å². The van der Waals surface area contributed by atoms with Crippen LogP contribution < -0.4 is 5.32 Å². The predicted octanol–water partition coefficient (Wildman–Crippen LogP) is 4.32. The third-order valence-electron chi connectivity index (χ3n) is 6.98. The molecule has 2 amide bonds. The fourth-order valence-corrected chi connectivity index (χ4v) is 5.00. The molecule has 1 N–H and O–H groups in total. The van der Waals surface area contributed by atoms with Crippen LogP contribution in [0.1, 0.15) is 62.2 Å². The molecular weight excluding hydrogens is 456 g/mol. The first kappa shape index (κ1) is 23.3. The zero-order valence-electron chi connectivity index (χ0n) is 20.4. The number of aromatic nitrogens is 3. The molecule has 0 spiro atoms. The number of benzene rings is 1. The van der Waals surface area contributed by atoms with Gasteiger partial charge in [-0.2, -0.15) is 5.26 Å². The summed E-state index contributed by atoms with van der Waals surface area (Å²) in [6.07, 6.45) is 6.59. The molecule has 4 aromatic rings. The summed E-state index contributed by atoms with van der Waals surface area (Å²) in [5.74, 6) is 0.120. The molecule has 3 aromatic heterocycles. The van der Waals surface area contributed by atoms with Crippen LogP contribution in [0.3, 0.4) is 0 Å². The van der Waals surface area contributed by atoms with Crippen LogP contribution in [0.5, 0.6) is 0 Å². The zero-order chi connectivity index (χ0) is 25.4. The monoisotopic (exact) mass is 482 g/mol. The molecule has 0 radical (unpaired) electrons. The van der Waals surface area contributed by atoms with E-state index >= 15 is 0 Å². The summed E-state index contributed by atoms with van der Waals surface area (Å²) in [7, 11) is 2.02. The van der Waals surface area contributed by atoms with Crippen molar-refractivity contribution >= 4 is 28.4 Å². The predicted molar refractivity (Wildman–Crippen MR) is 134 cm³/mol. The Morgan fingerprint density at radius 2 is 1.94 bits per heavy atom. The molecule has 4 heterocycles. The van der Waals surface area contributed by atoms with Gasteiger partial charge in [0.2, 0.25) is 5.76 Å². The molecule has 1 fully saturated rings. The van der Waals surface area contributed by atoms with Crippen LogP contribution >= 0.6 is 0 Å².